The molecule has 2 nitrogen and oxygen atoms in total. The van der Waals surface area contributed by atoms with Crippen molar-refractivity contribution in [3.05, 3.63) is 63.9 Å². The summed E-state index contributed by atoms with van der Waals surface area (Å²) in [5, 5.41) is 0.766. The number of aromatic nitrogens is 2. The molecule has 1 aromatic heterocycles. The number of benzene rings is 2. The second-order valence-corrected chi connectivity index (χ2v) is 5.31. The van der Waals surface area contributed by atoms with E-state index in [0.717, 1.165) is 21.6 Å². The average Bonchev–Trinajstić information content (AvgIpc) is 2.74. The zero-order valence-electron chi connectivity index (χ0n) is 10.4. The Bertz CT molecular complexity index is 788. The van der Waals surface area contributed by atoms with Crippen molar-refractivity contribution in [2.45, 2.75) is 13.0 Å². The maximum absolute atomic E-state index is 6.28. The van der Waals surface area contributed by atoms with Crippen LogP contribution in [0.4, 0.5) is 0 Å². The summed E-state index contributed by atoms with van der Waals surface area (Å²) in [4.78, 5) is 3.23. The summed E-state index contributed by atoms with van der Waals surface area (Å²) in [7, 11) is 0. The number of hydrogen-bond donors (Lipinski definition) is 1. The molecule has 0 amide bonds. The first kappa shape index (κ1) is 12.5. The SMILES string of the molecule is CC(c1ccccc1Cl)n1c(=S)[nH]c2ccccc21. The highest BCUT2D eigenvalue weighted by atomic mass is 35.5. The molecular weight excluding hydrogens is 276 g/mol. The highest BCUT2D eigenvalue weighted by Crippen LogP contribution is 2.28. The van der Waals surface area contributed by atoms with E-state index in [1.807, 2.05) is 42.5 Å². The first-order valence-electron chi connectivity index (χ1n) is 6.12. The molecule has 2 aromatic carbocycles. The summed E-state index contributed by atoms with van der Waals surface area (Å²) < 4.78 is 2.82. The topological polar surface area (TPSA) is 20.7 Å². The fourth-order valence-electron chi connectivity index (χ4n) is 2.41. The van der Waals surface area contributed by atoms with Crippen LogP contribution in [-0.4, -0.2) is 9.55 Å². The molecule has 0 spiro atoms. The van der Waals surface area contributed by atoms with Gasteiger partial charge in [0.1, 0.15) is 0 Å². The Hall–Kier alpha value is -1.58. The number of para-hydroxylation sites is 2. The Morgan fingerprint density at radius 1 is 1.11 bits per heavy atom. The molecule has 1 atom stereocenters. The molecule has 0 aliphatic rings. The van der Waals surface area contributed by atoms with Gasteiger partial charge in [-0.25, -0.2) is 0 Å². The Morgan fingerprint density at radius 2 is 1.79 bits per heavy atom. The molecular formula is C15H13ClN2S. The van der Waals surface area contributed by atoms with Crippen molar-refractivity contribution in [1.82, 2.24) is 9.55 Å². The van der Waals surface area contributed by atoms with E-state index < -0.39 is 0 Å². The van der Waals surface area contributed by atoms with Gasteiger partial charge in [0.25, 0.3) is 0 Å². The van der Waals surface area contributed by atoms with Crippen molar-refractivity contribution >= 4 is 34.9 Å². The van der Waals surface area contributed by atoms with E-state index in [-0.39, 0.29) is 6.04 Å². The van der Waals surface area contributed by atoms with Gasteiger partial charge in [-0.3, -0.25) is 0 Å². The van der Waals surface area contributed by atoms with Gasteiger partial charge in [-0.1, -0.05) is 41.9 Å². The molecule has 0 saturated carbocycles. The minimum Gasteiger partial charge on any atom is -0.331 e. The van der Waals surface area contributed by atoms with E-state index in [9.17, 15) is 0 Å². The number of rotatable bonds is 2. The summed E-state index contributed by atoms with van der Waals surface area (Å²) >= 11 is 11.7. The zero-order valence-corrected chi connectivity index (χ0v) is 12.0. The van der Waals surface area contributed by atoms with Crippen LogP contribution < -0.4 is 0 Å². The second kappa shape index (κ2) is 4.83. The number of imidazole rings is 1. The summed E-state index contributed by atoms with van der Waals surface area (Å²) in [6, 6.07) is 16.1. The minimum absolute atomic E-state index is 0.0948. The van der Waals surface area contributed by atoms with E-state index in [4.69, 9.17) is 23.8 Å². The van der Waals surface area contributed by atoms with Gasteiger partial charge in [-0.15, -0.1) is 0 Å². The van der Waals surface area contributed by atoms with Crippen LogP contribution in [0.15, 0.2) is 48.5 Å². The van der Waals surface area contributed by atoms with Crippen LogP contribution in [0, 0.1) is 4.77 Å². The normalized spacial score (nSPS) is 12.7. The number of H-pyrrole nitrogens is 1. The lowest BCUT2D eigenvalue weighted by molar-refractivity contribution is 0.649. The molecule has 0 saturated heterocycles. The lowest BCUT2D eigenvalue weighted by Gasteiger charge is -2.16. The number of hydrogen-bond acceptors (Lipinski definition) is 1. The van der Waals surface area contributed by atoms with Crippen molar-refractivity contribution in [1.29, 1.82) is 0 Å². The number of fused-ring (bicyclic) bond motifs is 1. The molecule has 3 rings (SSSR count). The minimum atomic E-state index is 0.0948. The van der Waals surface area contributed by atoms with Gasteiger partial charge in [-0.05, 0) is 42.9 Å². The summed E-state index contributed by atoms with van der Waals surface area (Å²) in [5.41, 5.74) is 3.22. The van der Waals surface area contributed by atoms with Gasteiger partial charge >= 0.3 is 0 Å². The van der Waals surface area contributed by atoms with Crippen LogP contribution in [0.25, 0.3) is 11.0 Å². The van der Waals surface area contributed by atoms with E-state index in [1.165, 1.54) is 0 Å². The smallest absolute Gasteiger partial charge is 0.178 e. The Morgan fingerprint density at radius 3 is 2.58 bits per heavy atom. The first-order chi connectivity index (χ1) is 9.18. The largest absolute Gasteiger partial charge is 0.331 e. The van der Waals surface area contributed by atoms with Crippen LogP contribution >= 0.6 is 23.8 Å². The predicted molar refractivity (Wildman–Crippen MR) is 82.4 cm³/mol. The third-order valence-corrected chi connectivity index (χ3v) is 4.01. The molecule has 1 unspecified atom stereocenters. The fourth-order valence-corrected chi connectivity index (χ4v) is 3.07. The van der Waals surface area contributed by atoms with Crippen molar-refractivity contribution < 1.29 is 0 Å². The maximum atomic E-state index is 6.28. The molecule has 96 valence electrons. The molecule has 0 aliphatic heterocycles. The van der Waals surface area contributed by atoms with E-state index in [2.05, 4.69) is 22.5 Å². The van der Waals surface area contributed by atoms with E-state index in [0.29, 0.717) is 4.77 Å². The lowest BCUT2D eigenvalue weighted by atomic mass is 10.1. The van der Waals surface area contributed by atoms with Gasteiger partial charge in [-0.2, -0.15) is 0 Å². The second-order valence-electron chi connectivity index (χ2n) is 4.51. The molecule has 1 heterocycles. The number of halogens is 1. The average molecular weight is 289 g/mol. The van der Waals surface area contributed by atoms with Crippen molar-refractivity contribution in [2.24, 2.45) is 0 Å². The molecule has 4 heteroatoms. The predicted octanol–water partition coefficient (Wildman–Crippen LogP) is 4.96. The quantitative estimate of drug-likeness (QED) is 0.661. The van der Waals surface area contributed by atoms with Crippen LogP contribution in [0.5, 0.6) is 0 Å². The molecule has 0 bridgehead atoms. The molecule has 0 radical (unpaired) electrons. The Labute approximate surface area is 121 Å². The molecule has 19 heavy (non-hydrogen) atoms. The van der Waals surface area contributed by atoms with Crippen molar-refractivity contribution in [3.8, 4) is 0 Å². The van der Waals surface area contributed by atoms with Gasteiger partial charge in [0.15, 0.2) is 4.77 Å². The highest BCUT2D eigenvalue weighted by molar-refractivity contribution is 7.71. The third-order valence-electron chi connectivity index (χ3n) is 3.37. The van der Waals surface area contributed by atoms with Crippen LogP contribution in [0.3, 0.4) is 0 Å². The molecule has 1 N–H and O–H groups in total. The molecule has 0 aliphatic carbocycles. The van der Waals surface area contributed by atoms with Gasteiger partial charge in [0.2, 0.25) is 0 Å². The zero-order chi connectivity index (χ0) is 13.4. The monoisotopic (exact) mass is 288 g/mol. The number of nitrogens with zero attached hydrogens (tertiary/aromatic N) is 1. The van der Waals surface area contributed by atoms with Crippen LogP contribution in [0.2, 0.25) is 5.02 Å². The Kier molecular flexibility index (Phi) is 3.17. The van der Waals surface area contributed by atoms with Crippen molar-refractivity contribution in [3.63, 3.8) is 0 Å². The third kappa shape index (κ3) is 2.09. The number of nitrogens with one attached hydrogen (secondary N) is 1. The molecule has 0 fully saturated rings. The maximum Gasteiger partial charge on any atom is 0.178 e. The van der Waals surface area contributed by atoms with Crippen LogP contribution in [-0.2, 0) is 0 Å². The van der Waals surface area contributed by atoms with Gasteiger partial charge < -0.3 is 9.55 Å². The highest BCUT2D eigenvalue weighted by Gasteiger charge is 2.14. The van der Waals surface area contributed by atoms with Gasteiger partial charge in [0, 0.05) is 5.02 Å². The standard InChI is InChI=1S/C15H13ClN2S/c1-10(11-6-2-3-7-12(11)16)18-14-9-5-4-8-13(14)17-15(18)19/h2-10H,1H3,(H,17,19). The summed E-state index contributed by atoms with van der Waals surface area (Å²) in [6.07, 6.45) is 0. The lowest BCUT2D eigenvalue weighted by Crippen LogP contribution is -2.07. The van der Waals surface area contributed by atoms with E-state index in [1.54, 1.807) is 0 Å². The van der Waals surface area contributed by atoms with Crippen molar-refractivity contribution in [2.75, 3.05) is 0 Å². The Balaban J connectivity index is 2.22. The fraction of sp³-hybridized carbons (Fsp3) is 0.133. The van der Waals surface area contributed by atoms with E-state index >= 15 is 0 Å². The summed E-state index contributed by atoms with van der Waals surface area (Å²) in [5.74, 6) is 0. The van der Waals surface area contributed by atoms with Gasteiger partial charge in [0.05, 0.1) is 17.1 Å². The summed E-state index contributed by atoms with van der Waals surface area (Å²) in [6.45, 7) is 2.11. The molecule has 3 aromatic rings. The van der Waals surface area contributed by atoms with Crippen LogP contribution in [0.1, 0.15) is 18.5 Å². The number of aromatic amines is 1. The first-order valence-corrected chi connectivity index (χ1v) is 6.91.